The number of benzene rings is 1. The molecular formula is C14H18BrN3O. The normalized spacial score (nSPS) is 12.6. The van der Waals surface area contributed by atoms with Crippen LogP contribution in [-0.4, -0.2) is 22.7 Å². The molecule has 0 fully saturated rings. The van der Waals surface area contributed by atoms with Crippen LogP contribution < -0.4 is 11.1 Å². The van der Waals surface area contributed by atoms with E-state index in [1.54, 1.807) is 13.1 Å². The number of halogens is 1. The first-order chi connectivity index (χ1) is 9.08. The van der Waals surface area contributed by atoms with E-state index in [0.717, 1.165) is 46.1 Å². The van der Waals surface area contributed by atoms with Gasteiger partial charge in [-0.05, 0) is 53.9 Å². The molecule has 1 atom stereocenters. The summed E-state index contributed by atoms with van der Waals surface area (Å²) in [6, 6.07) is 5.80. The summed E-state index contributed by atoms with van der Waals surface area (Å²) in [5.41, 5.74) is 8.54. The summed E-state index contributed by atoms with van der Waals surface area (Å²) in [5.74, 6) is 0. The second kappa shape index (κ2) is 6.21. The predicted octanol–water partition coefficient (Wildman–Crippen LogP) is 3.15. The third-order valence-electron chi connectivity index (χ3n) is 2.96. The predicted molar refractivity (Wildman–Crippen MR) is 83.3 cm³/mol. The van der Waals surface area contributed by atoms with Crippen LogP contribution in [-0.2, 0) is 0 Å². The number of aliphatic hydroxyl groups excluding tert-OH is 1. The first kappa shape index (κ1) is 14.1. The standard InChI is InChI=1S/C14H18BrN3O/c1-9(19)3-2-6-17-13-5-4-12(16)11-7-10(15)8-18-14(11)13/h4-5,7-9,17,19H,2-3,6,16H2,1H3. The smallest absolute Gasteiger partial charge is 0.0954 e. The van der Waals surface area contributed by atoms with Gasteiger partial charge in [0, 0.05) is 28.3 Å². The van der Waals surface area contributed by atoms with E-state index in [1.807, 2.05) is 18.2 Å². The number of fused-ring (bicyclic) bond motifs is 1. The van der Waals surface area contributed by atoms with Crippen LogP contribution in [0.4, 0.5) is 11.4 Å². The monoisotopic (exact) mass is 323 g/mol. The molecule has 0 saturated heterocycles. The first-order valence-electron chi connectivity index (χ1n) is 6.33. The second-order valence-corrected chi connectivity index (χ2v) is 5.59. The van der Waals surface area contributed by atoms with Gasteiger partial charge in [-0.15, -0.1) is 0 Å². The Morgan fingerprint density at radius 1 is 1.47 bits per heavy atom. The minimum Gasteiger partial charge on any atom is -0.398 e. The number of rotatable bonds is 5. The largest absolute Gasteiger partial charge is 0.398 e. The van der Waals surface area contributed by atoms with Gasteiger partial charge in [-0.3, -0.25) is 4.98 Å². The molecule has 4 N–H and O–H groups in total. The summed E-state index contributed by atoms with van der Waals surface area (Å²) < 4.78 is 0.915. The van der Waals surface area contributed by atoms with Crippen LogP contribution in [0.5, 0.6) is 0 Å². The zero-order valence-electron chi connectivity index (χ0n) is 10.9. The van der Waals surface area contributed by atoms with Gasteiger partial charge >= 0.3 is 0 Å². The molecule has 2 rings (SSSR count). The van der Waals surface area contributed by atoms with Gasteiger partial charge in [0.05, 0.1) is 17.3 Å². The molecule has 102 valence electrons. The Labute approximate surface area is 121 Å². The lowest BCUT2D eigenvalue weighted by Gasteiger charge is -2.11. The van der Waals surface area contributed by atoms with Gasteiger partial charge in [-0.25, -0.2) is 0 Å². The highest BCUT2D eigenvalue weighted by molar-refractivity contribution is 9.10. The highest BCUT2D eigenvalue weighted by Crippen LogP contribution is 2.28. The average molecular weight is 324 g/mol. The molecule has 5 heteroatoms. The van der Waals surface area contributed by atoms with Gasteiger partial charge in [-0.2, -0.15) is 0 Å². The number of hydrogen-bond donors (Lipinski definition) is 3. The molecule has 4 nitrogen and oxygen atoms in total. The van der Waals surface area contributed by atoms with Crippen molar-refractivity contribution in [3.63, 3.8) is 0 Å². The van der Waals surface area contributed by atoms with E-state index in [0.29, 0.717) is 0 Å². The molecule has 19 heavy (non-hydrogen) atoms. The van der Waals surface area contributed by atoms with E-state index >= 15 is 0 Å². The fraction of sp³-hybridized carbons (Fsp3) is 0.357. The van der Waals surface area contributed by atoms with Crippen LogP contribution in [0, 0.1) is 0 Å². The van der Waals surface area contributed by atoms with Crippen LogP contribution in [0.15, 0.2) is 28.9 Å². The van der Waals surface area contributed by atoms with Crippen LogP contribution in [0.1, 0.15) is 19.8 Å². The van der Waals surface area contributed by atoms with Gasteiger partial charge in [0.25, 0.3) is 0 Å². The van der Waals surface area contributed by atoms with Gasteiger partial charge in [-0.1, -0.05) is 0 Å². The number of nitrogen functional groups attached to an aromatic ring is 1. The summed E-state index contributed by atoms with van der Waals surface area (Å²) in [6.07, 6.45) is 3.22. The summed E-state index contributed by atoms with van der Waals surface area (Å²) in [5, 5.41) is 13.5. The first-order valence-corrected chi connectivity index (χ1v) is 7.13. The Hall–Kier alpha value is -1.33. The molecule has 2 aromatic rings. The molecule has 0 saturated carbocycles. The highest BCUT2D eigenvalue weighted by atomic mass is 79.9. The number of nitrogens with one attached hydrogen (secondary N) is 1. The molecule has 1 aromatic heterocycles. The number of aliphatic hydroxyl groups is 1. The molecule has 1 unspecified atom stereocenters. The van der Waals surface area contributed by atoms with Crippen LogP contribution in [0.2, 0.25) is 0 Å². The van der Waals surface area contributed by atoms with Crippen LogP contribution >= 0.6 is 15.9 Å². The average Bonchev–Trinajstić information content (AvgIpc) is 2.37. The zero-order chi connectivity index (χ0) is 13.8. The minimum atomic E-state index is -0.251. The fourth-order valence-electron chi connectivity index (χ4n) is 1.98. The van der Waals surface area contributed by atoms with Crippen molar-refractivity contribution in [2.24, 2.45) is 0 Å². The van der Waals surface area contributed by atoms with Crippen molar-refractivity contribution in [1.29, 1.82) is 0 Å². The molecule has 0 aliphatic rings. The van der Waals surface area contributed by atoms with Crippen molar-refractivity contribution in [2.45, 2.75) is 25.9 Å². The molecule has 0 radical (unpaired) electrons. The minimum absolute atomic E-state index is 0.251. The van der Waals surface area contributed by atoms with E-state index < -0.39 is 0 Å². The van der Waals surface area contributed by atoms with E-state index in [-0.39, 0.29) is 6.10 Å². The molecule has 0 bridgehead atoms. The number of anilines is 2. The van der Waals surface area contributed by atoms with E-state index in [4.69, 9.17) is 5.73 Å². The highest BCUT2D eigenvalue weighted by Gasteiger charge is 2.06. The topological polar surface area (TPSA) is 71.2 Å². The number of pyridine rings is 1. The Kier molecular flexibility index (Phi) is 4.61. The number of aromatic nitrogens is 1. The van der Waals surface area contributed by atoms with Crippen molar-refractivity contribution in [2.75, 3.05) is 17.6 Å². The van der Waals surface area contributed by atoms with Gasteiger partial charge in [0.1, 0.15) is 0 Å². The molecule has 0 spiro atoms. The molecular weight excluding hydrogens is 306 g/mol. The van der Waals surface area contributed by atoms with Crippen LogP contribution in [0.25, 0.3) is 10.9 Å². The van der Waals surface area contributed by atoms with Crippen molar-refractivity contribution in [3.8, 4) is 0 Å². The summed E-state index contributed by atoms with van der Waals surface area (Å²) in [4.78, 5) is 4.42. The Morgan fingerprint density at radius 2 is 2.26 bits per heavy atom. The lowest BCUT2D eigenvalue weighted by Crippen LogP contribution is -2.07. The summed E-state index contributed by atoms with van der Waals surface area (Å²) in [6.45, 7) is 2.61. The maximum Gasteiger partial charge on any atom is 0.0954 e. The Balaban J connectivity index is 2.17. The summed E-state index contributed by atoms with van der Waals surface area (Å²) >= 11 is 3.40. The lowest BCUT2D eigenvalue weighted by molar-refractivity contribution is 0.183. The molecule has 1 heterocycles. The number of hydrogen-bond acceptors (Lipinski definition) is 4. The molecule has 1 aromatic carbocycles. The maximum absolute atomic E-state index is 9.23. The van der Waals surface area contributed by atoms with Crippen LogP contribution in [0.3, 0.4) is 0 Å². The van der Waals surface area contributed by atoms with E-state index in [9.17, 15) is 5.11 Å². The van der Waals surface area contributed by atoms with Gasteiger partial charge < -0.3 is 16.2 Å². The summed E-state index contributed by atoms with van der Waals surface area (Å²) in [7, 11) is 0. The number of nitrogens with two attached hydrogens (primary N) is 1. The van der Waals surface area contributed by atoms with Crippen molar-refractivity contribution in [1.82, 2.24) is 4.98 Å². The van der Waals surface area contributed by atoms with Gasteiger partial charge in [0.15, 0.2) is 0 Å². The van der Waals surface area contributed by atoms with Gasteiger partial charge in [0.2, 0.25) is 0 Å². The number of nitrogens with zero attached hydrogens (tertiary/aromatic N) is 1. The van der Waals surface area contributed by atoms with Crippen molar-refractivity contribution >= 4 is 38.2 Å². The van der Waals surface area contributed by atoms with E-state index in [1.165, 1.54) is 0 Å². The second-order valence-electron chi connectivity index (χ2n) is 4.67. The lowest BCUT2D eigenvalue weighted by atomic mass is 10.1. The van der Waals surface area contributed by atoms with Crippen molar-refractivity contribution < 1.29 is 5.11 Å². The maximum atomic E-state index is 9.23. The Morgan fingerprint density at radius 3 is 3.00 bits per heavy atom. The Bertz CT molecular complexity index is 572. The van der Waals surface area contributed by atoms with E-state index in [2.05, 4.69) is 26.2 Å². The quantitative estimate of drug-likeness (QED) is 0.584. The zero-order valence-corrected chi connectivity index (χ0v) is 12.4. The SMILES string of the molecule is CC(O)CCCNc1ccc(N)c2cc(Br)cnc12. The third-order valence-corrected chi connectivity index (χ3v) is 3.40. The molecule has 0 amide bonds. The fourth-order valence-corrected chi connectivity index (χ4v) is 2.31. The molecule has 0 aliphatic heterocycles. The molecule has 0 aliphatic carbocycles. The third kappa shape index (κ3) is 3.58. The van der Waals surface area contributed by atoms with Crippen molar-refractivity contribution in [3.05, 3.63) is 28.9 Å².